The second-order valence-electron chi connectivity index (χ2n) is 10.4. The van der Waals surface area contributed by atoms with Gasteiger partial charge >= 0.3 is 12.3 Å². The average Bonchev–Trinajstić information content (AvgIpc) is 3.70. The molecule has 3 heterocycles. The highest BCUT2D eigenvalue weighted by molar-refractivity contribution is 6.30. The number of imidazole rings is 1. The van der Waals surface area contributed by atoms with Crippen LogP contribution in [0.4, 0.5) is 29.3 Å². The van der Waals surface area contributed by atoms with Gasteiger partial charge in [0.2, 0.25) is 5.91 Å². The van der Waals surface area contributed by atoms with Crippen LogP contribution in [-0.2, 0) is 9.53 Å². The standard InChI is InChI=1S/C29H29ClF3N9O3/c1-45-28(44)37-19-8-9-21-23(13-19)36-20(14-29(31,32)33)4-2-3-5-22(27-34-15-24(21)39-27)38-26(43)11-6-17-12-18(30)7-10-25(17)42-16-35-40-41-42/h6-13,15-16,20,22,36H,2-5,14H2,1H3,(H,34,39)(H,37,44)(H,38,43)/t20?,22-/m0/s1. The SMILES string of the molecule is COC(=O)Nc1ccc2c(c1)NC(CC(F)(F)F)CCCC[C@H](NC(=O)C=Cc1cc(Cl)ccc1-n1cnnn1)c1ncc-2[nH]1. The van der Waals surface area contributed by atoms with Crippen molar-refractivity contribution < 1.29 is 27.5 Å². The van der Waals surface area contributed by atoms with Crippen LogP contribution in [0.5, 0.6) is 0 Å². The van der Waals surface area contributed by atoms with Gasteiger partial charge in [0.15, 0.2) is 0 Å². The fraction of sp³-hybridized carbons (Fsp3) is 0.310. The number of hydrogen-bond donors (Lipinski definition) is 4. The molecule has 12 nitrogen and oxygen atoms in total. The van der Waals surface area contributed by atoms with Gasteiger partial charge < -0.3 is 20.4 Å². The molecule has 2 bridgehead atoms. The van der Waals surface area contributed by atoms with Gasteiger partial charge in [0.05, 0.1) is 37.2 Å². The largest absolute Gasteiger partial charge is 0.453 e. The lowest BCUT2D eigenvalue weighted by molar-refractivity contribution is -0.137. The number of aromatic nitrogens is 6. The topological polar surface area (TPSA) is 152 Å². The third-order valence-corrected chi connectivity index (χ3v) is 7.35. The zero-order chi connectivity index (χ0) is 32.0. The third kappa shape index (κ3) is 8.38. The van der Waals surface area contributed by atoms with E-state index < -0.39 is 36.7 Å². The summed E-state index contributed by atoms with van der Waals surface area (Å²) in [5.74, 6) is 0.0715. The van der Waals surface area contributed by atoms with E-state index in [0.717, 1.165) is 0 Å². The summed E-state index contributed by atoms with van der Waals surface area (Å²) >= 11 is 6.18. The van der Waals surface area contributed by atoms with E-state index in [-0.39, 0.29) is 6.42 Å². The van der Waals surface area contributed by atoms with E-state index >= 15 is 0 Å². The molecule has 236 valence electrons. The molecule has 2 amide bonds. The number of ether oxygens (including phenoxy) is 1. The maximum absolute atomic E-state index is 13.5. The van der Waals surface area contributed by atoms with Gasteiger partial charge in [0.1, 0.15) is 12.2 Å². The van der Waals surface area contributed by atoms with Crippen LogP contribution in [0.15, 0.2) is 55.0 Å². The summed E-state index contributed by atoms with van der Waals surface area (Å²) in [6.45, 7) is 0. The predicted molar refractivity (Wildman–Crippen MR) is 161 cm³/mol. The lowest BCUT2D eigenvalue weighted by Gasteiger charge is -2.24. The number of nitrogens with one attached hydrogen (secondary N) is 4. The first-order valence-corrected chi connectivity index (χ1v) is 14.3. The Hall–Kier alpha value is -4.92. The summed E-state index contributed by atoms with van der Waals surface area (Å²) in [7, 11) is 1.21. The van der Waals surface area contributed by atoms with Crippen molar-refractivity contribution in [3.63, 3.8) is 0 Å². The van der Waals surface area contributed by atoms with E-state index in [9.17, 15) is 22.8 Å². The number of rotatable bonds is 6. The Labute approximate surface area is 260 Å². The van der Waals surface area contributed by atoms with E-state index in [1.54, 1.807) is 48.7 Å². The summed E-state index contributed by atoms with van der Waals surface area (Å²) in [5.41, 5.74) is 2.98. The van der Waals surface area contributed by atoms with E-state index in [0.29, 0.717) is 64.0 Å². The Balaban J connectivity index is 1.41. The second-order valence-corrected chi connectivity index (χ2v) is 10.8. The number of tetrazole rings is 1. The molecule has 0 spiro atoms. The van der Waals surface area contributed by atoms with Crippen LogP contribution in [0.2, 0.25) is 5.02 Å². The van der Waals surface area contributed by atoms with Crippen LogP contribution in [0.3, 0.4) is 0 Å². The minimum Gasteiger partial charge on any atom is -0.453 e. The second kappa shape index (κ2) is 13.8. The number of amides is 2. The van der Waals surface area contributed by atoms with Crippen molar-refractivity contribution in [2.24, 2.45) is 0 Å². The quantitative estimate of drug-likeness (QED) is 0.185. The number of aromatic amines is 1. The summed E-state index contributed by atoms with van der Waals surface area (Å²) in [5, 5.41) is 20.2. The van der Waals surface area contributed by atoms with Crippen molar-refractivity contribution in [2.45, 2.75) is 50.4 Å². The molecule has 0 radical (unpaired) electrons. The van der Waals surface area contributed by atoms with Crippen LogP contribution >= 0.6 is 11.6 Å². The fourth-order valence-electron chi connectivity index (χ4n) is 5.06. The van der Waals surface area contributed by atoms with Crippen molar-refractivity contribution in [1.29, 1.82) is 0 Å². The minimum absolute atomic E-state index is 0.224. The molecule has 0 saturated carbocycles. The molecule has 1 aliphatic heterocycles. The Morgan fingerprint density at radius 2 is 2.00 bits per heavy atom. The molecule has 0 saturated heterocycles. The molecule has 16 heteroatoms. The van der Waals surface area contributed by atoms with Crippen molar-refractivity contribution in [2.75, 3.05) is 17.7 Å². The molecule has 4 N–H and O–H groups in total. The normalized spacial score (nSPS) is 17.0. The lowest BCUT2D eigenvalue weighted by atomic mass is 10.0. The first-order chi connectivity index (χ1) is 21.6. The Morgan fingerprint density at radius 1 is 1.18 bits per heavy atom. The van der Waals surface area contributed by atoms with E-state index in [2.05, 4.69) is 46.2 Å². The first-order valence-electron chi connectivity index (χ1n) is 14.0. The molecule has 2 atom stereocenters. The lowest BCUT2D eigenvalue weighted by Crippen LogP contribution is -2.29. The van der Waals surface area contributed by atoms with Gasteiger partial charge in [-0.3, -0.25) is 10.1 Å². The zero-order valence-electron chi connectivity index (χ0n) is 23.9. The van der Waals surface area contributed by atoms with Gasteiger partial charge in [-0.05, 0) is 65.7 Å². The molecule has 5 rings (SSSR count). The van der Waals surface area contributed by atoms with E-state index in [1.807, 2.05) is 0 Å². The number of hydrogen-bond acceptors (Lipinski definition) is 8. The number of anilines is 2. The Morgan fingerprint density at radius 3 is 2.76 bits per heavy atom. The van der Waals surface area contributed by atoms with Gasteiger partial charge in [-0.25, -0.2) is 9.78 Å². The highest BCUT2D eigenvalue weighted by Crippen LogP contribution is 2.35. The average molecular weight is 644 g/mol. The summed E-state index contributed by atoms with van der Waals surface area (Å²) in [4.78, 5) is 32.6. The number of methoxy groups -OCH3 is 1. The zero-order valence-corrected chi connectivity index (χ0v) is 24.7. The maximum atomic E-state index is 13.5. The van der Waals surface area contributed by atoms with Crippen molar-refractivity contribution in [3.8, 4) is 16.9 Å². The predicted octanol–water partition coefficient (Wildman–Crippen LogP) is 6.06. The van der Waals surface area contributed by atoms with E-state index in [4.69, 9.17) is 11.6 Å². The highest BCUT2D eigenvalue weighted by Gasteiger charge is 2.32. The monoisotopic (exact) mass is 643 g/mol. The Kier molecular flexibility index (Phi) is 9.66. The van der Waals surface area contributed by atoms with Crippen molar-refractivity contribution in [3.05, 3.63) is 71.4 Å². The molecule has 1 aliphatic rings. The minimum atomic E-state index is -4.39. The number of alkyl halides is 3. The number of fused-ring (bicyclic) bond motifs is 4. The molecule has 45 heavy (non-hydrogen) atoms. The van der Waals surface area contributed by atoms with E-state index in [1.165, 1.54) is 24.2 Å². The van der Waals surface area contributed by atoms with Crippen LogP contribution in [0.25, 0.3) is 23.0 Å². The smallest absolute Gasteiger partial charge is 0.411 e. The van der Waals surface area contributed by atoms with Crippen molar-refractivity contribution >= 4 is 41.1 Å². The summed E-state index contributed by atoms with van der Waals surface area (Å²) < 4.78 is 46.7. The highest BCUT2D eigenvalue weighted by atomic mass is 35.5. The molecular weight excluding hydrogens is 615 g/mol. The molecule has 2 aromatic carbocycles. The molecule has 2 aromatic heterocycles. The molecule has 0 aliphatic carbocycles. The van der Waals surface area contributed by atoms with Crippen LogP contribution in [0.1, 0.15) is 49.5 Å². The first kappa shape index (κ1) is 31.5. The summed E-state index contributed by atoms with van der Waals surface area (Å²) in [6.07, 6.45) is 1.40. The van der Waals surface area contributed by atoms with Gasteiger partial charge in [0, 0.05) is 39.6 Å². The van der Waals surface area contributed by atoms with Gasteiger partial charge in [-0.1, -0.05) is 24.4 Å². The number of halogens is 4. The van der Waals surface area contributed by atoms with Crippen LogP contribution in [0, 0.1) is 0 Å². The van der Waals surface area contributed by atoms with Gasteiger partial charge in [-0.2, -0.15) is 17.9 Å². The molecule has 4 aromatic rings. The number of H-pyrrole nitrogens is 1. The van der Waals surface area contributed by atoms with Crippen LogP contribution in [-0.4, -0.2) is 61.5 Å². The third-order valence-electron chi connectivity index (χ3n) is 7.12. The molecule has 0 fully saturated rings. The molecule has 1 unspecified atom stereocenters. The number of carbonyl (C=O) groups excluding carboxylic acids is 2. The van der Waals surface area contributed by atoms with Gasteiger partial charge in [-0.15, -0.1) is 5.10 Å². The van der Waals surface area contributed by atoms with Crippen molar-refractivity contribution in [1.82, 2.24) is 35.5 Å². The Bertz CT molecular complexity index is 1670. The number of nitrogens with zero attached hydrogens (tertiary/aromatic N) is 5. The fourth-order valence-corrected chi connectivity index (χ4v) is 5.24. The molecular formula is C29H29ClF3N9O3. The number of benzene rings is 2. The number of carbonyl (C=O) groups is 2. The summed E-state index contributed by atoms with van der Waals surface area (Å²) in [6, 6.07) is 8.40. The maximum Gasteiger partial charge on any atom is 0.411 e. The van der Waals surface area contributed by atoms with Gasteiger partial charge in [0.25, 0.3) is 0 Å². The van der Waals surface area contributed by atoms with Crippen LogP contribution < -0.4 is 16.0 Å².